The van der Waals surface area contributed by atoms with Crippen molar-refractivity contribution in [2.75, 3.05) is 13.1 Å². The number of nitriles is 1. The first-order chi connectivity index (χ1) is 9.39. The lowest BCUT2D eigenvalue weighted by Gasteiger charge is -2.31. The second-order valence-electron chi connectivity index (χ2n) is 6.18. The minimum atomic E-state index is -0.897. The van der Waals surface area contributed by atoms with Crippen LogP contribution in [-0.4, -0.2) is 24.0 Å². The van der Waals surface area contributed by atoms with Crippen LogP contribution in [0.25, 0.3) is 0 Å². The number of nitrogens with zero attached hydrogens (tertiary/aromatic N) is 2. The predicted octanol–water partition coefficient (Wildman–Crippen LogP) is 3.12. The van der Waals surface area contributed by atoms with Gasteiger partial charge in [-0.15, -0.1) is 0 Å². The van der Waals surface area contributed by atoms with E-state index in [1.54, 1.807) is 0 Å². The molecule has 0 aliphatic rings. The Labute approximate surface area is 123 Å². The molecular weight excluding hydrogens is 246 g/mol. The molecule has 0 heterocycles. The monoisotopic (exact) mass is 273 g/mol. The molecule has 0 aliphatic heterocycles. The number of hydrogen-bond donors (Lipinski definition) is 1. The van der Waals surface area contributed by atoms with Crippen molar-refractivity contribution in [3.05, 3.63) is 35.9 Å². The molecule has 0 saturated heterocycles. The summed E-state index contributed by atoms with van der Waals surface area (Å²) in [5.74, 6) is 0.614. The fourth-order valence-electron chi connectivity index (χ4n) is 2.35. The molecule has 0 aliphatic carbocycles. The van der Waals surface area contributed by atoms with Gasteiger partial charge >= 0.3 is 0 Å². The maximum absolute atomic E-state index is 9.48. The Kier molecular flexibility index (Phi) is 6.19. The van der Waals surface area contributed by atoms with Gasteiger partial charge in [-0.2, -0.15) is 5.26 Å². The van der Waals surface area contributed by atoms with E-state index in [1.807, 2.05) is 30.3 Å². The average Bonchev–Trinajstić information content (AvgIpc) is 2.43. The third-order valence-corrected chi connectivity index (χ3v) is 3.61. The molecule has 2 N–H and O–H groups in total. The standard InChI is InChI=1S/C17H27N3/c1-14(2)12-20(15(3)4)11-10-17(19,13-18)16-8-6-5-7-9-16/h5-9,14-15H,10-12,19H2,1-4H3. The van der Waals surface area contributed by atoms with Gasteiger partial charge in [-0.25, -0.2) is 0 Å². The number of nitrogens with two attached hydrogens (primary N) is 1. The average molecular weight is 273 g/mol. The molecule has 110 valence electrons. The van der Waals surface area contributed by atoms with Crippen LogP contribution in [0.3, 0.4) is 0 Å². The lowest BCUT2D eigenvalue weighted by Crippen LogP contribution is -2.42. The normalized spacial score (nSPS) is 14.6. The molecule has 0 amide bonds. The molecule has 0 radical (unpaired) electrons. The van der Waals surface area contributed by atoms with E-state index in [2.05, 4.69) is 38.7 Å². The van der Waals surface area contributed by atoms with Crippen molar-refractivity contribution >= 4 is 0 Å². The summed E-state index contributed by atoms with van der Waals surface area (Å²) >= 11 is 0. The Bertz CT molecular complexity index is 433. The van der Waals surface area contributed by atoms with Crippen molar-refractivity contribution in [2.24, 2.45) is 11.7 Å². The van der Waals surface area contributed by atoms with E-state index in [0.29, 0.717) is 18.4 Å². The summed E-state index contributed by atoms with van der Waals surface area (Å²) in [6.45, 7) is 10.7. The van der Waals surface area contributed by atoms with E-state index in [9.17, 15) is 5.26 Å². The van der Waals surface area contributed by atoms with Crippen LogP contribution < -0.4 is 5.73 Å². The molecule has 1 unspecified atom stereocenters. The van der Waals surface area contributed by atoms with Crippen LogP contribution in [0.15, 0.2) is 30.3 Å². The number of hydrogen-bond acceptors (Lipinski definition) is 3. The summed E-state index contributed by atoms with van der Waals surface area (Å²) < 4.78 is 0. The van der Waals surface area contributed by atoms with Gasteiger partial charge in [0.25, 0.3) is 0 Å². The molecule has 0 fully saturated rings. The van der Waals surface area contributed by atoms with E-state index in [-0.39, 0.29) is 0 Å². The quantitative estimate of drug-likeness (QED) is 0.830. The largest absolute Gasteiger partial charge is 0.310 e. The Morgan fingerprint density at radius 1 is 1.20 bits per heavy atom. The van der Waals surface area contributed by atoms with E-state index >= 15 is 0 Å². The molecule has 20 heavy (non-hydrogen) atoms. The molecule has 3 nitrogen and oxygen atoms in total. The van der Waals surface area contributed by atoms with Crippen LogP contribution in [0.4, 0.5) is 0 Å². The third kappa shape index (κ3) is 4.63. The van der Waals surface area contributed by atoms with Gasteiger partial charge < -0.3 is 10.6 Å². The molecule has 1 aromatic carbocycles. The Hall–Kier alpha value is -1.37. The topological polar surface area (TPSA) is 53.0 Å². The van der Waals surface area contributed by atoms with Crippen LogP contribution in [0.2, 0.25) is 0 Å². The Balaban J connectivity index is 2.76. The SMILES string of the molecule is CC(C)CN(CCC(N)(C#N)c1ccccc1)C(C)C. The summed E-state index contributed by atoms with van der Waals surface area (Å²) in [6.07, 6.45) is 0.651. The van der Waals surface area contributed by atoms with Gasteiger partial charge in [0.15, 0.2) is 0 Å². The zero-order chi connectivity index (χ0) is 15.2. The van der Waals surface area contributed by atoms with E-state index in [0.717, 1.165) is 18.7 Å². The maximum atomic E-state index is 9.48. The highest BCUT2D eigenvalue weighted by Crippen LogP contribution is 2.22. The first kappa shape index (κ1) is 16.7. The number of benzene rings is 1. The molecule has 3 heteroatoms. The second-order valence-corrected chi connectivity index (χ2v) is 6.18. The Morgan fingerprint density at radius 2 is 1.80 bits per heavy atom. The van der Waals surface area contributed by atoms with E-state index < -0.39 is 5.54 Å². The highest BCUT2D eigenvalue weighted by atomic mass is 15.1. The van der Waals surface area contributed by atoms with E-state index in [4.69, 9.17) is 5.73 Å². The molecule has 0 bridgehead atoms. The highest BCUT2D eigenvalue weighted by Gasteiger charge is 2.28. The van der Waals surface area contributed by atoms with Crippen LogP contribution in [0, 0.1) is 17.2 Å². The number of rotatable bonds is 7. The van der Waals surface area contributed by atoms with Crippen LogP contribution in [0.1, 0.15) is 39.7 Å². The molecule has 1 atom stereocenters. The molecule has 0 saturated carbocycles. The van der Waals surface area contributed by atoms with E-state index in [1.165, 1.54) is 0 Å². The first-order valence-corrected chi connectivity index (χ1v) is 7.38. The predicted molar refractivity (Wildman–Crippen MR) is 84.1 cm³/mol. The molecular formula is C17H27N3. The van der Waals surface area contributed by atoms with Crippen molar-refractivity contribution in [2.45, 2.75) is 45.7 Å². The molecule has 1 aromatic rings. The molecule has 0 aromatic heterocycles. The molecule has 0 spiro atoms. The van der Waals surface area contributed by atoms with Gasteiger partial charge in [0.1, 0.15) is 5.54 Å². The van der Waals surface area contributed by atoms with Gasteiger partial charge in [0.2, 0.25) is 0 Å². The van der Waals surface area contributed by atoms with Gasteiger partial charge in [0, 0.05) is 19.1 Å². The smallest absolute Gasteiger partial charge is 0.131 e. The van der Waals surface area contributed by atoms with Gasteiger partial charge in [-0.1, -0.05) is 44.2 Å². The zero-order valence-corrected chi connectivity index (χ0v) is 13.1. The highest BCUT2D eigenvalue weighted by molar-refractivity contribution is 5.30. The van der Waals surface area contributed by atoms with Crippen molar-refractivity contribution in [3.8, 4) is 6.07 Å². The lowest BCUT2D eigenvalue weighted by molar-refractivity contribution is 0.185. The van der Waals surface area contributed by atoms with Gasteiger partial charge in [0.05, 0.1) is 6.07 Å². The summed E-state index contributed by atoms with van der Waals surface area (Å²) in [6, 6.07) is 12.4. The fourth-order valence-corrected chi connectivity index (χ4v) is 2.35. The first-order valence-electron chi connectivity index (χ1n) is 7.38. The summed E-state index contributed by atoms with van der Waals surface area (Å²) in [4.78, 5) is 2.40. The lowest BCUT2D eigenvalue weighted by atomic mass is 9.89. The van der Waals surface area contributed by atoms with Crippen molar-refractivity contribution in [1.29, 1.82) is 5.26 Å². The minimum absolute atomic E-state index is 0.469. The maximum Gasteiger partial charge on any atom is 0.131 e. The third-order valence-electron chi connectivity index (χ3n) is 3.61. The Morgan fingerprint density at radius 3 is 2.25 bits per heavy atom. The van der Waals surface area contributed by atoms with Gasteiger partial charge in [-0.05, 0) is 31.7 Å². The van der Waals surface area contributed by atoms with Crippen molar-refractivity contribution in [1.82, 2.24) is 4.90 Å². The fraction of sp³-hybridized carbons (Fsp3) is 0.588. The summed E-state index contributed by atoms with van der Waals surface area (Å²) in [7, 11) is 0. The van der Waals surface area contributed by atoms with Crippen molar-refractivity contribution in [3.63, 3.8) is 0 Å². The minimum Gasteiger partial charge on any atom is -0.310 e. The van der Waals surface area contributed by atoms with Crippen LogP contribution >= 0.6 is 0 Å². The molecule has 1 rings (SSSR count). The zero-order valence-electron chi connectivity index (χ0n) is 13.1. The summed E-state index contributed by atoms with van der Waals surface area (Å²) in [5.41, 5.74) is 6.31. The summed E-state index contributed by atoms with van der Waals surface area (Å²) in [5, 5.41) is 9.48. The van der Waals surface area contributed by atoms with Crippen molar-refractivity contribution < 1.29 is 0 Å². The second kappa shape index (κ2) is 7.42. The van der Waals surface area contributed by atoms with Gasteiger partial charge in [-0.3, -0.25) is 0 Å². The van der Waals surface area contributed by atoms with Crippen LogP contribution in [-0.2, 0) is 5.54 Å². The van der Waals surface area contributed by atoms with Crippen LogP contribution in [0.5, 0.6) is 0 Å².